The highest BCUT2D eigenvalue weighted by Crippen LogP contribution is 2.28. The van der Waals surface area contributed by atoms with Crippen molar-refractivity contribution >= 4 is 51.9 Å². The molecule has 0 unspecified atom stereocenters. The van der Waals surface area contributed by atoms with Crippen molar-refractivity contribution in [2.24, 2.45) is 0 Å². The van der Waals surface area contributed by atoms with Gasteiger partial charge in [-0.25, -0.2) is 9.97 Å². The molecule has 9 heteroatoms. The van der Waals surface area contributed by atoms with Gasteiger partial charge in [0.2, 0.25) is 11.9 Å². The van der Waals surface area contributed by atoms with Gasteiger partial charge < -0.3 is 15.2 Å². The number of hydrogen-bond donors (Lipinski definition) is 3. The Morgan fingerprint density at radius 3 is 2.53 bits per heavy atom. The maximum atomic E-state index is 6.08. The van der Waals surface area contributed by atoms with Gasteiger partial charge in [-0.05, 0) is 58.5 Å². The number of benzene rings is 1. The van der Waals surface area contributed by atoms with Gasteiger partial charge in [-0.3, -0.25) is 5.32 Å². The first-order valence-corrected chi connectivity index (χ1v) is 11.1. The molecular formula is C21H29Cl2N7. The van der Waals surface area contributed by atoms with Crippen LogP contribution in [0.3, 0.4) is 0 Å². The second kappa shape index (κ2) is 10.3. The Kier molecular flexibility index (Phi) is 7.75. The van der Waals surface area contributed by atoms with E-state index in [-0.39, 0.29) is 0 Å². The number of aromatic amines is 1. The zero-order chi connectivity index (χ0) is 21.7. The number of H-pyrrole nitrogens is 1. The van der Waals surface area contributed by atoms with Gasteiger partial charge in [0, 0.05) is 17.8 Å². The van der Waals surface area contributed by atoms with Gasteiger partial charge in [0.25, 0.3) is 0 Å². The van der Waals surface area contributed by atoms with Gasteiger partial charge in [0.1, 0.15) is 5.82 Å². The Morgan fingerprint density at radius 1 is 1.07 bits per heavy atom. The predicted octanol–water partition coefficient (Wildman–Crippen LogP) is 5.63. The lowest BCUT2D eigenvalue weighted by Gasteiger charge is -2.20. The SMILES string of the molecule is CCN(CC)CCC[C@H](C)Nc1cc(C)nc(Nc2nc3cc(Cl)c(Cl)cc3[nH]2)n1. The van der Waals surface area contributed by atoms with Crippen LogP contribution in [0, 0.1) is 6.92 Å². The van der Waals surface area contributed by atoms with Crippen molar-refractivity contribution in [3.05, 3.63) is 33.9 Å². The summed E-state index contributed by atoms with van der Waals surface area (Å²) in [4.78, 5) is 19.2. The summed E-state index contributed by atoms with van der Waals surface area (Å²) >= 11 is 12.2. The standard InChI is InChI=1S/C21H29Cl2N7/c1-5-30(6-2)9-7-8-13(3)24-19-10-14(4)25-20(28-19)29-21-26-17-11-15(22)16(23)12-18(17)27-21/h10-13H,5-9H2,1-4H3,(H3,24,25,26,27,28,29)/t13-/m0/s1. The van der Waals surface area contributed by atoms with Crippen molar-refractivity contribution in [1.29, 1.82) is 0 Å². The molecule has 1 aromatic carbocycles. The van der Waals surface area contributed by atoms with Crippen LogP contribution in [-0.4, -0.2) is 50.5 Å². The number of aromatic nitrogens is 4. The van der Waals surface area contributed by atoms with Gasteiger partial charge >= 0.3 is 0 Å². The highest BCUT2D eigenvalue weighted by Gasteiger charge is 2.11. The van der Waals surface area contributed by atoms with E-state index in [1.54, 1.807) is 12.1 Å². The van der Waals surface area contributed by atoms with E-state index in [1.165, 1.54) is 0 Å². The molecule has 0 amide bonds. The third-order valence-corrected chi connectivity index (χ3v) is 5.73. The zero-order valence-corrected chi connectivity index (χ0v) is 19.4. The molecule has 7 nitrogen and oxygen atoms in total. The van der Waals surface area contributed by atoms with Crippen LogP contribution >= 0.6 is 23.2 Å². The lowest BCUT2D eigenvalue weighted by molar-refractivity contribution is 0.295. The molecule has 1 atom stereocenters. The molecule has 0 aliphatic rings. The predicted molar refractivity (Wildman–Crippen MR) is 126 cm³/mol. The zero-order valence-electron chi connectivity index (χ0n) is 17.9. The topological polar surface area (TPSA) is 81.8 Å². The fourth-order valence-electron chi connectivity index (χ4n) is 3.35. The number of anilines is 3. The lowest BCUT2D eigenvalue weighted by Crippen LogP contribution is -2.25. The fourth-order valence-corrected chi connectivity index (χ4v) is 3.68. The van der Waals surface area contributed by atoms with E-state index in [0.717, 1.165) is 55.0 Å². The lowest BCUT2D eigenvalue weighted by atomic mass is 10.1. The van der Waals surface area contributed by atoms with Crippen molar-refractivity contribution in [2.45, 2.75) is 46.6 Å². The van der Waals surface area contributed by atoms with Crippen LogP contribution in [0.2, 0.25) is 10.0 Å². The van der Waals surface area contributed by atoms with Gasteiger partial charge in [-0.2, -0.15) is 4.98 Å². The molecule has 162 valence electrons. The quantitative estimate of drug-likeness (QED) is 0.371. The summed E-state index contributed by atoms with van der Waals surface area (Å²) in [5.41, 5.74) is 2.38. The molecule has 0 spiro atoms. The molecule has 0 fully saturated rings. The number of aryl methyl sites for hydroxylation is 1. The van der Waals surface area contributed by atoms with Crippen molar-refractivity contribution in [3.8, 4) is 0 Å². The Labute approximate surface area is 187 Å². The van der Waals surface area contributed by atoms with E-state index < -0.39 is 0 Å². The van der Waals surface area contributed by atoms with E-state index in [4.69, 9.17) is 23.2 Å². The maximum absolute atomic E-state index is 6.08. The molecule has 30 heavy (non-hydrogen) atoms. The molecule has 3 rings (SSSR count). The Morgan fingerprint density at radius 2 is 1.80 bits per heavy atom. The third kappa shape index (κ3) is 5.97. The Hall–Kier alpha value is -2.09. The van der Waals surface area contributed by atoms with Crippen LogP contribution in [-0.2, 0) is 0 Å². The molecule has 0 saturated heterocycles. The summed E-state index contributed by atoms with van der Waals surface area (Å²) in [5, 5.41) is 7.57. The number of nitrogens with one attached hydrogen (secondary N) is 3. The number of hydrogen-bond acceptors (Lipinski definition) is 6. The van der Waals surface area contributed by atoms with Crippen LogP contribution in [0.4, 0.5) is 17.7 Å². The minimum Gasteiger partial charge on any atom is -0.367 e. The van der Waals surface area contributed by atoms with Gasteiger partial charge in [-0.1, -0.05) is 37.0 Å². The highest BCUT2D eigenvalue weighted by atomic mass is 35.5. The number of imidazole rings is 1. The first-order valence-electron chi connectivity index (χ1n) is 10.3. The second-order valence-electron chi connectivity index (χ2n) is 7.43. The molecule has 3 N–H and O–H groups in total. The first kappa shape index (κ1) is 22.6. The molecule has 0 bridgehead atoms. The van der Waals surface area contributed by atoms with E-state index in [1.807, 2.05) is 13.0 Å². The number of rotatable bonds is 10. The summed E-state index contributed by atoms with van der Waals surface area (Å²) in [6.07, 6.45) is 2.22. The van der Waals surface area contributed by atoms with Gasteiger partial charge in [0.15, 0.2) is 0 Å². The number of nitrogens with zero attached hydrogens (tertiary/aromatic N) is 4. The monoisotopic (exact) mass is 449 g/mol. The van der Waals surface area contributed by atoms with E-state index in [2.05, 4.69) is 56.2 Å². The van der Waals surface area contributed by atoms with Crippen molar-refractivity contribution in [1.82, 2.24) is 24.8 Å². The molecular weight excluding hydrogens is 421 g/mol. The third-order valence-electron chi connectivity index (χ3n) is 5.01. The maximum Gasteiger partial charge on any atom is 0.231 e. The normalized spacial score (nSPS) is 12.5. The summed E-state index contributed by atoms with van der Waals surface area (Å²) in [6.45, 7) is 11.8. The van der Waals surface area contributed by atoms with Gasteiger partial charge in [0.05, 0.1) is 21.1 Å². The van der Waals surface area contributed by atoms with Crippen LogP contribution in [0.15, 0.2) is 18.2 Å². The van der Waals surface area contributed by atoms with Gasteiger partial charge in [-0.15, -0.1) is 0 Å². The molecule has 2 aromatic heterocycles. The molecule has 2 heterocycles. The molecule has 0 radical (unpaired) electrons. The average molecular weight is 450 g/mol. The van der Waals surface area contributed by atoms with Crippen LogP contribution < -0.4 is 10.6 Å². The minimum atomic E-state index is 0.318. The minimum absolute atomic E-state index is 0.318. The summed E-state index contributed by atoms with van der Waals surface area (Å²) < 4.78 is 0. The van der Waals surface area contributed by atoms with Crippen molar-refractivity contribution < 1.29 is 0 Å². The second-order valence-corrected chi connectivity index (χ2v) is 8.24. The van der Waals surface area contributed by atoms with Crippen molar-refractivity contribution in [3.63, 3.8) is 0 Å². The largest absolute Gasteiger partial charge is 0.367 e. The smallest absolute Gasteiger partial charge is 0.231 e. The number of halogens is 2. The number of fused-ring (bicyclic) bond motifs is 1. The average Bonchev–Trinajstić information content (AvgIpc) is 3.05. The molecule has 0 saturated carbocycles. The summed E-state index contributed by atoms with van der Waals surface area (Å²) in [5.74, 6) is 1.80. The Balaban J connectivity index is 1.65. The molecule has 0 aliphatic heterocycles. The first-order chi connectivity index (χ1) is 14.4. The van der Waals surface area contributed by atoms with Crippen molar-refractivity contribution in [2.75, 3.05) is 30.3 Å². The highest BCUT2D eigenvalue weighted by molar-refractivity contribution is 6.42. The van der Waals surface area contributed by atoms with E-state index in [9.17, 15) is 0 Å². The Bertz CT molecular complexity index is 946. The van der Waals surface area contributed by atoms with Crippen LogP contribution in [0.1, 0.15) is 39.3 Å². The van der Waals surface area contributed by atoms with E-state index in [0.29, 0.717) is 28.0 Å². The summed E-state index contributed by atoms with van der Waals surface area (Å²) in [6, 6.07) is 5.74. The molecule has 0 aliphatic carbocycles. The molecule has 3 aromatic rings. The van der Waals surface area contributed by atoms with Crippen LogP contribution in [0.25, 0.3) is 11.0 Å². The van der Waals surface area contributed by atoms with Crippen LogP contribution in [0.5, 0.6) is 0 Å². The van der Waals surface area contributed by atoms with E-state index >= 15 is 0 Å². The fraction of sp³-hybridized carbons (Fsp3) is 0.476. The summed E-state index contributed by atoms with van der Waals surface area (Å²) in [7, 11) is 0.